The number of aryl methyl sites for hydroxylation is 1. The fourth-order valence-corrected chi connectivity index (χ4v) is 2.97. The first kappa shape index (κ1) is 20.4. The number of benzene rings is 1. The number of carbonyl (C=O) groups is 1. The van der Waals surface area contributed by atoms with Crippen molar-refractivity contribution in [1.29, 1.82) is 0 Å². The van der Waals surface area contributed by atoms with E-state index in [9.17, 15) is 4.79 Å². The molecule has 0 bridgehead atoms. The monoisotopic (exact) mass is 417 g/mol. The van der Waals surface area contributed by atoms with Gasteiger partial charge in [0.25, 0.3) is 5.91 Å². The van der Waals surface area contributed by atoms with E-state index in [1.807, 2.05) is 50.4 Å². The van der Waals surface area contributed by atoms with E-state index in [-0.39, 0.29) is 11.9 Å². The van der Waals surface area contributed by atoms with Crippen molar-refractivity contribution >= 4 is 22.8 Å². The van der Waals surface area contributed by atoms with Crippen molar-refractivity contribution in [3.05, 3.63) is 60.7 Å². The van der Waals surface area contributed by atoms with Gasteiger partial charge in [-0.05, 0) is 31.8 Å². The van der Waals surface area contributed by atoms with E-state index in [4.69, 9.17) is 4.74 Å². The Morgan fingerprint density at radius 3 is 2.77 bits per heavy atom. The van der Waals surface area contributed by atoms with E-state index < -0.39 is 0 Å². The quantitative estimate of drug-likeness (QED) is 0.494. The third-order valence-electron chi connectivity index (χ3n) is 4.63. The minimum absolute atomic E-state index is 0.229. The third-order valence-corrected chi connectivity index (χ3v) is 4.63. The summed E-state index contributed by atoms with van der Waals surface area (Å²) in [5, 5.41) is 7.83. The highest BCUT2D eigenvalue weighted by molar-refractivity contribution is 6.03. The van der Waals surface area contributed by atoms with Gasteiger partial charge in [0.15, 0.2) is 0 Å². The predicted molar refractivity (Wildman–Crippen MR) is 118 cm³/mol. The summed E-state index contributed by atoms with van der Waals surface area (Å²) in [6, 6.07) is 9.12. The third kappa shape index (κ3) is 5.01. The van der Waals surface area contributed by atoms with E-state index in [2.05, 4.69) is 25.4 Å². The molecule has 0 fully saturated rings. The molecule has 1 amide bonds. The number of ether oxygens (including phenoxy) is 1. The molecule has 31 heavy (non-hydrogen) atoms. The van der Waals surface area contributed by atoms with Gasteiger partial charge < -0.3 is 9.64 Å². The summed E-state index contributed by atoms with van der Waals surface area (Å²) in [5.41, 5.74) is 3.13. The molecular weight excluding hydrogens is 394 g/mol. The Morgan fingerprint density at radius 1 is 1.13 bits per heavy atom. The number of amides is 1. The van der Waals surface area contributed by atoms with Crippen LogP contribution in [0.3, 0.4) is 0 Å². The Kier molecular flexibility index (Phi) is 5.85. The molecule has 0 spiro atoms. The van der Waals surface area contributed by atoms with E-state index in [0.29, 0.717) is 18.1 Å². The number of pyridine rings is 1. The Labute approximate surface area is 179 Å². The lowest BCUT2D eigenvalue weighted by Crippen LogP contribution is -2.20. The van der Waals surface area contributed by atoms with Crippen LogP contribution in [0.25, 0.3) is 22.0 Å². The Morgan fingerprint density at radius 2 is 2.00 bits per heavy atom. The van der Waals surface area contributed by atoms with Gasteiger partial charge in [-0.2, -0.15) is 5.10 Å². The van der Waals surface area contributed by atoms with Gasteiger partial charge in [0, 0.05) is 54.8 Å². The lowest BCUT2D eigenvalue weighted by atomic mass is 10.1. The SMILES string of the molecule is CN(C)CCOc1cc(C(=O)Nc2ncc3ccc(-c4cnn(C)c4)cc3n2)ccn1. The van der Waals surface area contributed by atoms with Crippen molar-refractivity contribution in [2.75, 3.05) is 32.6 Å². The number of fused-ring (bicyclic) bond motifs is 1. The number of carbonyl (C=O) groups excluding carboxylic acids is 1. The number of hydrogen-bond acceptors (Lipinski definition) is 7. The van der Waals surface area contributed by atoms with Gasteiger partial charge in [-0.25, -0.2) is 15.0 Å². The molecule has 0 saturated carbocycles. The molecule has 9 heteroatoms. The van der Waals surface area contributed by atoms with Crippen molar-refractivity contribution in [1.82, 2.24) is 29.6 Å². The van der Waals surface area contributed by atoms with Gasteiger partial charge in [0.05, 0.1) is 11.7 Å². The molecule has 0 radical (unpaired) electrons. The molecule has 3 heterocycles. The van der Waals surface area contributed by atoms with Gasteiger partial charge in [0.1, 0.15) is 6.61 Å². The maximum Gasteiger partial charge on any atom is 0.258 e. The molecule has 9 nitrogen and oxygen atoms in total. The van der Waals surface area contributed by atoms with Crippen LogP contribution in [0.4, 0.5) is 5.95 Å². The average molecular weight is 417 g/mol. The van der Waals surface area contributed by atoms with Crippen LogP contribution in [0, 0.1) is 0 Å². The number of nitrogens with zero attached hydrogens (tertiary/aromatic N) is 6. The lowest BCUT2D eigenvalue weighted by molar-refractivity contribution is 0.102. The second-order valence-electron chi connectivity index (χ2n) is 7.36. The van der Waals surface area contributed by atoms with Crippen molar-refractivity contribution in [2.24, 2.45) is 7.05 Å². The molecular formula is C22H23N7O2. The summed E-state index contributed by atoms with van der Waals surface area (Å²) in [5.74, 6) is 0.297. The van der Waals surface area contributed by atoms with E-state index in [0.717, 1.165) is 28.6 Å². The molecule has 0 atom stereocenters. The molecule has 0 saturated heterocycles. The number of anilines is 1. The first-order valence-corrected chi connectivity index (χ1v) is 9.79. The zero-order valence-corrected chi connectivity index (χ0v) is 17.6. The smallest absolute Gasteiger partial charge is 0.258 e. The minimum atomic E-state index is -0.331. The molecule has 1 N–H and O–H groups in total. The van der Waals surface area contributed by atoms with Crippen molar-refractivity contribution in [2.45, 2.75) is 0 Å². The number of likely N-dealkylation sites (N-methyl/N-ethyl adjacent to an activating group) is 1. The highest BCUT2D eigenvalue weighted by Gasteiger charge is 2.11. The largest absolute Gasteiger partial charge is 0.476 e. The predicted octanol–water partition coefficient (Wildman–Crippen LogP) is 2.62. The molecule has 0 aliphatic rings. The maximum absolute atomic E-state index is 12.7. The fraction of sp³-hybridized carbons (Fsp3) is 0.227. The lowest BCUT2D eigenvalue weighted by Gasteiger charge is -2.11. The van der Waals surface area contributed by atoms with Gasteiger partial charge in [0.2, 0.25) is 11.8 Å². The summed E-state index contributed by atoms with van der Waals surface area (Å²) in [6.45, 7) is 1.24. The normalized spacial score (nSPS) is 11.1. The first-order chi connectivity index (χ1) is 15.0. The molecule has 158 valence electrons. The Balaban J connectivity index is 1.50. The van der Waals surface area contributed by atoms with Crippen LogP contribution >= 0.6 is 0 Å². The molecule has 3 aromatic heterocycles. The molecule has 4 aromatic rings. The summed E-state index contributed by atoms with van der Waals surface area (Å²) in [4.78, 5) is 27.6. The number of nitrogens with one attached hydrogen (secondary N) is 1. The highest BCUT2D eigenvalue weighted by atomic mass is 16.5. The summed E-state index contributed by atoms with van der Waals surface area (Å²) in [7, 11) is 5.80. The van der Waals surface area contributed by atoms with Gasteiger partial charge in [-0.3, -0.25) is 14.8 Å². The van der Waals surface area contributed by atoms with E-state index >= 15 is 0 Å². The van der Waals surface area contributed by atoms with Crippen LogP contribution in [0.5, 0.6) is 5.88 Å². The van der Waals surface area contributed by atoms with Crippen molar-refractivity contribution < 1.29 is 9.53 Å². The summed E-state index contributed by atoms with van der Waals surface area (Å²) < 4.78 is 7.35. The summed E-state index contributed by atoms with van der Waals surface area (Å²) >= 11 is 0. The zero-order chi connectivity index (χ0) is 21.8. The van der Waals surface area contributed by atoms with Crippen LogP contribution in [-0.2, 0) is 7.05 Å². The topological polar surface area (TPSA) is 98.1 Å². The number of hydrogen-bond donors (Lipinski definition) is 1. The molecule has 0 aliphatic heterocycles. The minimum Gasteiger partial charge on any atom is -0.476 e. The Hall–Kier alpha value is -3.85. The van der Waals surface area contributed by atoms with E-state index in [1.54, 1.807) is 35.4 Å². The standard InChI is InChI=1S/C22H23N7O2/c1-28(2)8-9-31-20-11-16(6-7-23-20)21(30)27-22-24-12-17-5-4-15(10-19(17)26-22)18-13-25-29(3)14-18/h4-7,10-14H,8-9H2,1-3H3,(H,24,26,27,30). The molecule has 4 rings (SSSR count). The summed E-state index contributed by atoms with van der Waals surface area (Å²) in [6.07, 6.45) is 6.97. The number of rotatable bonds is 7. The highest BCUT2D eigenvalue weighted by Crippen LogP contribution is 2.23. The molecule has 0 aliphatic carbocycles. The average Bonchev–Trinajstić information content (AvgIpc) is 3.19. The molecule has 1 aromatic carbocycles. The van der Waals surface area contributed by atoms with Gasteiger partial charge >= 0.3 is 0 Å². The van der Waals surface area contributed by atoms with Crippen LogP contribution < -0.4 is 10.1 Å². The maximum atomic E-state index is 12.7. The fourth-order valence-electron chi connectivity index (χ4n) is 2.97. The molecule has 0 unspecified atom stereocenters. The van der Waals surface area contributed by atoms with Crippen molar-refractivity contribution in [3.63, 3.8) is 0 Å². The van der Waals surface area contributed by atoms with Crippen LogP contribution in [-0.4, -0.2) is 62.8 Å². The second kappa shape index (κ2) is 8.88. The van der Waals surface area contributed by atoms with E-state index in [1.165, 1.54) is 0 Å². The second-order valence-corrected chi connectivity index (χ2v) is 7.36. The van der Waals surface area contributed by atoms with Crippen LogP contribution in [0.1, 0.15) is 10.4 Å². The number of aromatic nitrogens is 5. The zero-order valence-electron chi connectivity index (χ0n) is 17.6. The van der Waals surface area contributed by atoms with Crippen LogP contribution in [0.2, 0.25) is 0 Å². The first-order valence-electron chi connectivity index (χ1n) is 9.79. The van der Waals surface area contributed by atoms with Crippen LogP contribution in [0.15, 0.2) is 55.1 Å². The van der Waals surface area contributed by atoms with Gasteiger partial charge in [-0.1, -0.05) is 12.1 Å². The van der Waals surface area contributed by atoms with Gasteiger partial charge in [-0.15, -0.1) is 0 Å². The van der Waals surface area contributed by atoms with Crippen molar-refractivity contribution in [3.8, 4) is 17.0 Å². The Bertz CT molecular complexity index is 1220.